The number of rotatable bonds is 4. The summed E-state index contributed by atoms with van der Waals surface area (Å²) < 4.78 is 11.4. The van der Waals surface area contributed by atoms with Crippen LogP contribution in [0.2, 0.25) is 5.02 Å². The minimum Gasteiger partial charge on any atom is -0.492 e. The number of fused-ring (bicyclic) bond motifs is 1. The minimum atomic E-state index is -0.237. The van der Waals surface area contributed by atoms with E-state index in [4.69, 9.17) is 21.1 Å². The molecule has 5 heteroatoms. The van der Waals surface area contributed by atoms with Crippen molar-refractivity contribution in [1.82, 2.24) is 0 Å². The first-order valence-corrected chi connectivity index (χ1v) is 7.98. The second-order valence-corrected chi connectivity index (χ2v) is 5.92. The Balaban J connectivity index is 1.89. The van der Waals surface area contributed by atoms with Gasteiger partial charge in [0.2, 0.25) is 0 Å². The van der Waals surface area contributed by atoms with Crippen molar-refractivity contribution in [2.24, 2.45) is 0 Å². The molecule has 0 aromatic heterocycles. The molecule has 0 radical (unpaired) electrons. The van der Waals surface area contributed by atoms with Crippen molar-refractivity contribution in [3.05, 3.63) is 52.5 Å². The maximum Gasteiger partial charge on any atom is 0.255 e. The smallest absolute Gasteiger partial charge is 0.255 e. The zero-order chi connectivity index (χ0) is 16.4. The van der Waals surface area contributed by atoms with Gasteiger partial charge in [-0.2, -0.15) is 0 Å². The average molecular weight is 332 g/mol. The summed E-state index contributed by atoms with van der Waals surface area (Å²) >= 11 is 5.94. The van der Waals surface area contributed by atoms with E-state index in [1.807, 2.05) is 26.0 Å². The number of hydrogen-bond acceptors (Lipinski definition) is 3. The fourth-order valence-corrected chi connectivity index (χ4v) is 2.83. The van der Waals surface area contributed by atoms with E-state index in [0.29, 0.717) is 28.6 Å². The number of nitrogens with one attached hydrogen (secondary N) is 1. The summed E-state index contributed by atoms with van der Waals surface area (Å²) in [5.41, 5.74) is 2.20. The number of carbonyl (C=O) groups excluding carboxylic acids is 1. The van der Waals surface area contributed by atoms with E-state index < -0.39 is 0 Å². The van der Waals surface area contributed by atoms with Gasteiger partial charge in [0.15, 0.2) is 0 Å². The Morgan fingerprint density at radius 1 is 1.39 bits per heavy atom. The van der Waals surface area contributed by atoms with E-state index in [1.54, 1.807) is 24.3 Å². The molecule has 23 heavy (non-hydrogen) atoms. The van der Waals surface area contributed by atoms with Crippen molar-refractivity contribution in [3.63, 3.8) is 0 Å². The Kier molecular flexibility index (Phi) is 4.44. The quantitative estimate of drug-likeness (QED) is 0.907. The molecule has 2 aromatic carbocycles. The van der Waals surface area contributed by atoms with Crippen molar-refractivity contribution < 1.29 is 14.3 Å². The van der Waals surface area contributed by atoms with Crippen LogP contribution in [0.1, 0.15) is 29.8 Å². The summed E-state index contributed by atoms with van der Waals surface area (Å²) in [5.74, 6) is 1.21. The Hall–Kier alpha value is -2.20. The van der Waals surface area contributed by atoms with Gasteiger partial charge in [0.05, 0.1) is 12.3 Å². The van der Waals surface area contributed by atoms with Gasteiger partial charge in [-0.25, -0.2) is 0 Å². The molecule has 2 aromatic rings. The monoisotopic (exact) mass is 331 g/mol. The number of hydrogen-bond donors (Lipinski definition) is 1. The third-order valence-corrected chi connectivity index (χ3v) is 3.87. The molecule has 1 aliphatic heterocycles. The van der Waals surface area contributed by atoms with E-state index >= 15 is 0 Å². The van der Waals surface area contributed by atoms with Gasteiger partial charge in [-0.1, -0.05) is 17.7 Å². The Bertz CT molecular complexity index is 745. The number of anilines is 1. The predicted octanol–water partition coefficient (Wildman–Crippen LogP) is 4.31. The first-order valence-electron chi connectivity index (χ1n) is 7.60. The van der Waals surface area contributed by atoms with Crippen molar-refractivity contribution in [2.45, 2.75) is 26.4 Å². The lowest BCUT2D eigenvalue weighted by Gasteiger charge is -2.13. The Morgan fingerprint density at radius 2 is 2.22 bits per heavy atom. The maximum absolute atomic E-state index is 12.4. The van der Waals surface area contributed by atoms with Gasteiger partial charge in [0.1, 0.15) is 17.6 Å². The number of benzene rings is 2. The van der Waals surface area contributed by atoms with Crippen molar-refractivity contribution in [1.29, 1.82) is 0 Å². The van der Waals surface area contributed by atoms with Gasteiger partial charge >= 0.3 is 0 Å². The highest BCUT2D eigenvalue weighted by atomic mass is 35.5. The summed E-state index contributed by atoms with van der Waals surface area (Å²) in [6.45, 7) is 4.45. The highest BCUT2D eigenvalue weighted by Crippen LogP contribution is 2.38. The molecule has 0 saturated heterocycles. The van der Waals surface area contributed by atoms with Gasteiger partial charge in [0.25, 0.3) is 5.91 Å². The van der Waals surface area contributed by atoms with Crippen molar-refractivity contribution in [3.8, 4) is 11.5 Å². The van der Waals surface area contributed by atoms with Crippen LogP contribution >= 0.6 is 11.6 Å². The molecule has 1 N–H and O–H groups in total. The lowest BCUT2D eigenvalue weighted by atomic mass is 10.1. The molecule has 0 bridgehead atoms. The largest absolute Gasteiger partial charge is 0.492 e. The first kappa shape index (κ1) is 15.7. The molecular weight excluding hydrogens is 314 g/mol. The van der Waals surface area contributed by atoms with Gasteiger partial charge in [-0.05, 0) is 38.1 Å². The van der Waals surface area contributed by atoms with Crippen LogP contribution in [0, 0.1) is 0 Å². The fraction of sp³-hybridized carbons (Fsp3) is 0.278. The van der Waals surface area contributed by atoms with Crippen LogP contribution in [0.3, 0.4) is 0 Å². The Labute approximate surface area is 140 Å². The first-order chi connectivity index (χ1) is 11.1. The summed E-state index contributed by atoms with van der Waals surface area (Å²) in [4.78, 5) is 12.4. The zero-order valence-electron chi connectivity index (χ0n) is 13.1. The molecule has 3 rings (SSSR count). The van der Waals surface area contributed by atoms with Crippen molar-refractivity contribution >= 4 is 23.2 Å². The highest BCUT2D eigenvalue weighted by molar-refractivity contribution is 6.31. The summed E-state index contributed by atoms with van der Waals surface area (Å²) in [6.07, 6.45) is 0.983. The number of ether oxygens (including phenoxy) is 2. The van der Waals surface area contributed by atoms with E-state index in [9.17, 15) is 4.79 Å². The van der Waals surface area contributed by atoms with Crippen LogP contribution in [0.5, 0.6) is 11.5 Å². The van der Waals surface area contributed by atoms with Gasteiger partial charge in [0, 0.05) is 28.6 Å². The zero-order valence-corrected chi connectivity index (χ0v) is 13.8. The van der Waals surface area contributed by atoms with E-state index in [2.05, 4.69) is 5.32 Å². The molecule has 0 spiro atoms. The van der Waals surface area contributed by atoms with E-state index in [-0.39, 0.29) is 12.0 Å². The molecule has 120 valence electrons. The Morgan fingerprint density at radius 3 is 2.96 bits per heavy atom. The maximum atomic E-state index is 12.4. The number of carbonyl (C=O) groups is 1. The molecule has 1 atom stereocenters. The summed E-state index contributed by atoms with van der Waals surface area (Å²) in [7, 11) is 0. The molecule has 4 nitrogen and oxygen atoms in total. The molecule has 0 aliphatic carbocycles. The molecule has 0 fully saturated rings. The third-order valence-electron chi connectivity index (χ3n) is 3.63. The molecule has 1 heterocycles. The standard InChI is InChI=1S/C18H18ClNO3/c1-3-22-17-9-13-7-11(2)23-16(13)10-15(17)20-18(21)12-5-4-6-14(19)8-12/h4-6,8-11H,3,7H2,1-2H3,(H,20,21)/t11-/m1/s1. The van der Waals surface area contributed by atoms with Crippen LogP contribution in [-0.2, 0) is 6.42 Å². The predicted molar refractivity (Wildman–Crippen MR) is 90.8 cm³/mol. The van der Waals surface area contributed by atoms with Gasteiger partial charge in [-0.3, -0.25) is 4.79 Å². The second-order valence-electron chi connectivity index (χ2n) is 5.49. The fourth-order valence-electron chi connectivity index (χ4n) is 2.64. The molecule has 0 unspecified atom stereocenters. The third kappa shape index (κ3) is 3.42. The normalized spacial score (nSPS) is 15.7. The highest BCUT2D eigenvalue weighted by Gasteiger charge is 2.22. The van der Waals surface area contributed by atoms with Crippen LogP contribution in [0.25, 0.3) is 0 Å². The topological polar surface area (TPSA) is 47.6 Å². The molecular formula is C18H18ClNO3. The van der Waals surface area contributed by atoms with Gasteiger partial charge < -0.3 is 14.8 Å². The minimum absolute atomic E-state index is 0.137. The lowest BCUT2D eigenvalue weighted by molar-refractivity contribution is 0.102. The van der Waals surface area contributed by atoms with Gasteiger partial charge in [-0.15, -0.1) is 0 Å². The molecule has 1 aliphatic rings. The number of halogens is 1. The lowest BCUT2D eigenvalue weighted by Crippen LogP contribution is -2.13. The van der Waals surface area contributed by atoms with Crippen molar-refractivity contribution in [2.75, 3.05) is 11.9 Å². The van der Waals surface area contributed by atoms with E-state index in [0.717, 1.165) is 17.7 Å². The van der Waals surface area contributed by atoms with Crippen LogP contribution in [-0.4, -0.2) is 18.6 Å². The van der Waals surface area contributed by atoms with Crippen LogP contribution in [0.15, 0.2) is 36.4 Å². The number of amides is 1. The average Bonchev–Trinajstić information content (AvgIpc) is 2.87. The van der Waals surface area contributed by atoms with E-state index in [1.165, 1.54) is 0 Å². The second kappa shape index (κ2) is 6.50. The SMILES string of the molecule is CCOc1cc2c(cc1NC(=O)c1cccc(Cl)c1)O[C@H](C)C2. The molecule has 1 amide bonds. The van der Waals surface area contributed by atoms with Crippen LogP contribution in [0.4, 0.5) is 5.69 Å². The van der Waals surface area contributed by atoms with Crippen LogP contribution < -0.4 is 14.8 Å². The summed E-state index contributed by atoms with van der Waals surface area (Å²) in [6, 6.07) is 10.6. The summed E-state index contributed by atoms with van der Waals surface area (Å²) in [5, 5.41) is 3.40. The molecule has 0 saturated carbocycles.